The minimum atomic E-state index is 0.304. The first-order valence-electron chi connectivity index (χ1n) is 6.66. The Morgan fingerprint density at radius 2 is 1.83 bits per heavy atom. The summed E-state index contributed by atoms with van der Waals surface area (Å²) >= 11 is 0. The van der Waals surface area contributed by atoms with Crippen molar-refractivity contribution in [1.29, 1.82) is 0 Å². The predicted molar refractivity (Wildman–Crippen MR) is 69.0 cm³/mol. The molecular weight excluding hydrogens is 228 g/mol. The van der Waals surface area contributed by atoms with Gasteiger partial charge in [-0.25, -0.2) is 0 Å². The number of piperidine rings is 1. The first kappa shape index (κ1) is 11.8. The van der Waals surface area contributed by atoms with Gasteiger partial charge in [-0.15, -0.1) is 0 Å². The Morgan fingerprint density at radius 1 is 1.17 bits per heavy atom. The molecule has 0 aliphatic carbocycles. The topological polar surface area (TPSA) is 34.6 Å². The van der Waals surface area contributed by atoms with Gasteiger partial charge in [0.05, 0.1) is 7.11 Å². The summed E-state index contributed by atoms with van der Waals surface area (Å²) < 4.78 is 11.1. The van der Waals surface area contributed by atoms with E-state index in [1.54, 1.807) is 7.11 Å². The van der Waals surface area contributed by atoms with Gasteiger partial charge in [0, 0.05) is 24.2 Å². The van der Waals surface area contributed by atoms with Gasteiger partial charge in [0.1, 0.15) is 6.10 Å². The molecule has 0 aromatic carbocycles. The fourth-order valence-electron chi connectivity index (χ4n) is 3.20. The average Bonchev–Trinajstić information content (AvgIpc) is 2.62. The third kappa shape index (κ3) is 2.17. The van der Waals surface area contributed by atoms with Crippen LogP contribution in [0.4, 0.5) is 0 Å². The van der Waals surface area contributed by atoms with E-state index in [4.69, 9.17) is 9.47 Å². The zero-order chi connectivity index (χ0) is 12.5. The zero-order valence-corrected chi connectivity index (χ0v) is 11.0. The van der Waals surface area contributed by atoms with Crippen LogP contribution in [0.5, 0.6) is 11.8 Å². The van der Waals surface area contributed by atoms with Crippen molar-refractivity contribution in [3.8, 4) is 11.8 Å². The molecule has 2 fully saturated rings. The average molecular weight is 248 g/mol. The van der Waals surface area contributed by atoms with Crippen LogP contribution in [0, 0.1) is 0 Å². The van der Waals surface area contributed by atoms with E-state index in [-0.39, 0.29) is 0 Å². The second-order valence-corrected chi connectivity index (χ2v) is 5.28. The van der Waals surface area contributed by atoms with Gasteiger partial charge in [0.2, 0.25) is 11.8 Å². The highest BCUT2D eigenvalue weighted by Crippen LogP contribution is 2.35. The first-order chi connectivity index (χ1) is 8.76. The van der Waals surface area contributed by atoms with Gasteiger partial charge in [-0.1, -0.05) is 6.07 Å². The largest absolute Gasteiger partial charge is 0.481 e. The van der Waals surface area contributed by atoms with Gasteiger partial charge in [-0.05, 0) is 32.7 Å². The Balaban J connectivity index is 1.66. The van der Waals surface area contributed by atoms with E-state index in [9.17, 15) is 0 Å². The van der Waals surface area contributed by atoms with Crippen molar-refractivity contribution in [2.75, 3.05) is 14.2 Å². The molecule has 2 aliphatic heterocycles. The van der Waals surface area contributed by atoms with Gasteiger partial charge in [0.15, 0.2) is 0 Å². The van der Waals surface area contributed by atoms with Crippen molar-refractivity contribution < 1.29 is 9.47 Å². The lowest BCUT2D eigenvalue weighted by Gasteiger charge is -2.36. The van der Waals surface area contributed by atoms with Crippen LogP contribution in [0.3, 0.4) is 0 Å². The Labute approximate surface area is 108 Å². The van der Waals surface area contributed by atoms with Crippen molar-refractivity contribution in [1.82, 2.24) is 9.88 Å². The van der Waals surface area contributed by atoms with Crippen LogP contribution in [0.1, 0.15) is 25.7 Å². The maximum Gasteiger partial charge on any atom is 0.216 e. The predicted octanol–water partition coefficient (Wildman–Crippen LogP) is 2.09. The number of nitrogens with zero attached hydrogens (tertiary/aromatic N) is 2. The quantitative estimate of drug-likeness (QED) is 0.820. The molecule has 3 rings (SSSR count). The summed E-state index contributed by atoms with van der Waals surface area (Å²) in [5.41, 5.74) is 0. The minimum Gasteiger partial charge on any atom is -0.481 e. The highest BCUT2D eigenvalue weighted by molar-refractivity contribution is 5.20. The summed E-state index contributed by atoms with van der Waals surface area (Å²) in [5, 5.41) is 0. The maximum absolute atomic E-state index is 6.01. The Bertz CT molecular complexity index is 410. The molecular formula is C14H20N2O2. The molecule has 0 N–H and O–H groups in total. The fourth-order valence-corrected chi connectivity index (χ4v) is 3.20. The van der Waals surface area contributed by atoms with E-state index < -0.39 is 0 Å². The zero-order valence-electron chi connectivity index (χ0n) is 11.0. The Morgan fingerprint density at radius 3 is 2.50 bits per heavy atom. The smallest absolute Gasteiger partial charge is 0.216 e. The molecule has 2 bridgehead atoms. The van der Waals surface area contributed by atoms with Crippen molar-refractivity contribution in [2.24, 2.45) is 0 Å². The normalized spacial score (nSPS) is 31.3. The van der Waals surface area contributed by atoms with Crippen molar-refractivity contribution in [3.63, 3.8) is 0 Å². The first-order valence-corrected chi connectivity index (χ1v) is 6.66. The highest BCUT2D eigenvalue weighted by Gasteiger charge is 2.39. The molecule has 3 atom stereocenters. The monoisotopic (exact) mass is 248 g/mol. The van der Waals surface area contributed by atoms with E-state index in [2.05, 4.69) is 16.9 Å². The number of fused-ring (bicyclic) bond motifs is 2. The molecule has 2 aliphatic rings. The van der Waals surface area contributed by atoms with Crippen molar-refractivity contribution in [3.05, 3.63) is 18.2 Å². The summed E-state index contributed by atoms with van der Waals surface area (Å²) in [7, 11) is 3.87. The number of aromatic nitrogens is 1. The van der Waals surface area contributed by atoms with E-state index in [0.29, 0.717) is 29.9 Å². The van der Waals surface area contributed by atoms with Crippen LogP contribution in [0.15, 0.2) is 18.2 Å². The van der Waals surface area contributed by atoms with E-state index in [1.165, 1.54) is 12.8 Å². The Kier molecular flexibility index (Phi) is 3.12. The van der Waals surface area contributed by atoms with Crippen LogP contribution >= 0.6 is 0 Å². The van der Waals surface area contributed by atoms with Crippen LogP contribution < -0.4 is 9.47 Å². The summed E-state index contributed by atoms with van der Waals surface area (Å²) in [6.45, 7) is 0. The maximum atomic E-state index is 6.01. The molecule has 0 unspecified atom stereocenters. The third-order valence-electron chi connectivity index (χ3n) is 4.25. The van der Waals surface area contributed by atoms with E-state index >= 15 is 0 Å². The molecule has 1 aromatic heterocycles. The molecule has 98 valence electrons. The SMILES string of the molecule is COc1cccc(O[C@@H]2C[C@H]3CC[C@@H](C2)N3C)n1. The lowest BCUT2D eigenvalue weighted by Crippen LogP contribution is -2.43. The van der Waals surface area contributed by atoms with Crippen LogP contribution in [-0.4, -0.2) is 42.2 Å². The molecule has 4 heteroatoms. The molecule has 4 nitrogen and oxygen atoms in total. The summed E-state index contributed by atoms with van der Waals surface area (Å²) in [6.07, 6.45) is 5.16. The van der Waals surface area contributed by atoms with Crippen LogP contribution in [0.25, 0.3) is 0 Å². The minimum absolute atomic E-state index is 0.304. The van der Waals surface area contributed by atoms with Gasteiger partial charge >= 0.3 is 0 Å². The van der Waals surface area contributed by atoms with E-state index in [0.717, 1.165) is 12.8 Å². The summed E-state index contributed by atoms with van der Waals surface area (Å²) in [6, 6.07) is 7.05. The molecule has 2 saturated heterocycles. The van der Waals surface area contributed by atoms with Gasteiger partial charge in [-0.2, -0.15) is 4.98 Å². The number of rotatable bonds is 3. The second-order valence-electron chi connectivity index (χ2n) is 5.28. The summed E-state index contributed by atoms with van der Waals surface area (Å²) in [5.74, 6) is 1.30. The Hall–Kier alpha value is -1.29. The molecule has 0 spiro atoms. The summed E-state index contributed by atoms with van der Waals surface area (Å²) in [4.78, 5) is 6.83. The molecule has 0 radical (unpaired) electrons. The molecule has 0 amide bonds. The number of hydrogen-bond acceptors (Lipinski definition) is 4. The molecule has 1 aromatic rings. The van der Waals surface area contributed by atoms with Gasteiger partial charge < -0.3 is 14.4 Å². The highest BCUT2D eigenvalue weighted by atomic mass is 16.5. The van der Waals surface area contributed by atoms with Gasteiger partial charge in [0.25, 0.3) is 0 Å². The third-order valence-corrected chi connectivity index (χ3v) is 4.25. The number of pyridine rings is 1. The van der Waals surface area contributed by atoms with E-state index in [1.807, 2.05) is 18.2 Å². The molecule has 0 saturated carbocycles. The van der Waals surface area contributed by atoms with Crippen molar-refractivity contribution >= 4 is 0 Å². The van der Waals surface area contributed by atoms with Crippen LogP contribution in [0.2, 0.25) is 0 Å². The molecule has 3 heterocycles. The number of hydrogen-bond donors (Lipinski definition) is 0. The lowest BCUT2D eigenvalue weighted by molar-refractivity contribution is 0.0629. The van der Waals surface area contributed by atoms with Gasteiger partial charge in [-0.3, -0.25) is 0 Å². The number of methoxy groups -OCH3 is 1. The van der Waals surface area contributed by atoms with Crippen molar-refractivity contribution in [2.45, 2.75) is 43.9 Å². The second kappa shape index (κ2) is 4.76. The van der Waals surface area contributed by atoms with Crippen LogP contribution in [-0.2, 0) is 0 Å². The standard InChI is InChI=1S/C14H20N2O2/c1-16-10-6-7-11(16)9-12(8-10)18-14-5-3-4-13(15-14)17-2/h3-5,10-12H,6-9H2,1-2H3/t10-,11+,12-. The fraction of sp³-hybridized carbons (Fsp3) is 0.643. The molecule has 18 heavy (non-hydrogen) atoms. The lowest BCUT2D eigenvalue weighted by atomic mass is 10.0. The number of ether oxygens (including phenoxy) is 2.